The smallest absolute Gasteiger partial charge is 0.212 e. The first-order valence-electron chi connectivity index (χ1n) is 7.62. The van der Waals surface area contributed by atoms with Gasteiger partial charge in [-0.1, -0.05) is 17.8 Å². The molecule has 1 fully saturated rings. The van der Waals surface area contributed by atoms with Gasteiger partial charge in [0.1, 0.15) is 5.82 Å². The van der Waals surface area contributed by atoms with Crippen LogP contribution in [0.2, 0.25) is 0 Å². The highest BCUT2D eigenvalue weighted by Gasteiger charge is 2.18. The monoisotopic (exact) mass is 331 g/mol. The van der Waals surface area contributed by atoms with Crippen molar-refractivity contribution in [3.63, 3.8) is 0 Å². The van der Waals surface area contributed by atoms with Crippen molar-refractivity contribution in [2.24, 2.45) is 0 Å². The van der Waals surface area contributed by atoms with E-state index in [2.05, 4.69) is 30.8 Å². The van der Waals surface area contributed by atoms with Crippen molar-refractivity contribution in [2.75, 3.05) is 44.4 Å². The quantitative estimate of drug-likeness (QED) is 0.613. The summed E-state index contributed by atoms with van der Waals surface area (Å²) in [6.45, 7) is 4.92. The second-order valence-electron chi connectivity index (χ2n) is 5.37. The molecular weight excluding hydrogens is 310 g/mol. The van der Waals surface area contributed by atoms with E-state index in [4.69, 9.17) is 4.74 Å². The van der Waals surface area contributed by atoms with Gasteiger partial charge in [-0.2, -0.15) is 0 Å². The number of piperazine rings is 1. The maximum atomic E-state index is 5.10. The molecule has 6 nitrogen and oxygen atoms in total. The van der Waals surface area contributed by atoms with Gasteiger partial charge < -0.3 is 9.64 Å². The Morgan fingerprint density at radius 3 is 2.61 bits per heavy atom. The molecule has 0 unspecified atom stereocenters. The minimum Gasteiger partial charge on any atom is -0.481 e. The molecule has 0 amide bonds. The highest BCUT2D eigenvalue weighted by Crippen LogP contribution is 2.17. The van der Waals surface area contributed by atoms with Gasteiger partial charge in [-0.3, -0.25) is 4.90 Å². The van der Waals surface area contributed by atoms with Crippen molar-refractivity contribution in [1.82, 2.24) is 19.9 Å². The SMILES string of the molecule is COc1ccc(CN2CCN(c3ccnc(SC)n3)CC2)cn1. The number of hydrogen-bond acceptors (Lipinski definition) is 7. The van der Waals surface area contributed by atoms with Crippen molar-refractivity contribution in [3.8, 4) is 5.88 Å². The molecule has 1 saturated heterocycles. The van der Waals surface area contributed by atoms with Crippen LogP contribution in [0.1, 0.15) is 5.56 Å². The van der Waals surface area contributed by atoms with Crippen molar-refractivity contribution in [1.29, 1.82) is 0 Å². The zero-order valence-electron chi connectivity index (χ0n) is 13.5. The molecule has 0 radical (unpaired) electrons. The first-order valence-corrected chi connectivity index (χ1v) is 8.84. The van der Waals surface area contributed by atoms with E-state index < -0.39 is 0 Å². The molecule has 0 saturated carbocycles. The topological polar surface area (TPSA) is 54.4 Å². The Morgan fingerprint density at radius 1 is 1.13 bits per heavy atom. The zero-order chi connectivity index (χ0) is 16.1. The van der Waals surface area contributed by atoms with Crippen molar-refractivity contribution < 1.29 is 4.74 Å². The third-order valence-electron chi connectivity index (χ3n) is 3.91. The van der Waals surface area contributed by atoms with Crippen LogP contribution in [-0.4, -0.2) is 59.4 Å². The lowest BCUT2D eigenvalue weighted by atomic mass is 10.2. The number of methoxy groups -OCH3 is 1. The summed E-state index contributed by atoms with van der Waals surface area (Å²) in [6, 6.07) is 5.98. The van der Waals surface area contributed by atoms with Gasteiger partial charge in [0.25, 0.3) is 0 Å². The Hall–Kier alpha value is -1.86. The van der Waals surface area contributed by atoms with E-state index in [0.717, 1.165) is 43.7 Å². The maximum absolute atomic E-state index is 5.10. The van der Waals surface area contributed by atoms with E-state index in [9.17, 15) is 0 Å². The van der Waals surface area contributed by atoms with Crippen LogP contribution in [0.4, 0.5) is 5.82 Å². The Bertz CT molecular complexity index is 629. The van der Waals surface area contributed by atoms with Gasteiger partial charge in [-0.25, -0.2) is 15.0 Å². The van der Waals surface area contributed by atoms with E-state index in [-0.39, 0.29) is 0 Å². The average Bonchev–Trinajstić information content (AvgIpc) is 2.63. The molecule has 23 heavy (non-hydrogen) atoms. The lowest BCUT2D eigenvalue weighted by Gasteiger charge is -2.35. The lowest BCUT2D eigenvalue weighted by molar-refractivity contribution is 0.248. The first kappa shape index (κ1) is 16.0. The van der Waals surface area contributed by atoms with Gasteiger partial charge >= 0.3 is 0 Å². The van der Waals surface area contributed by atoms with Crippen LogP contribution in [0.5, 0.6) is 5.88 Å². The van der Waals surface area contributed by atoms with Gasteiger partial charge in [-0.05, 0) is 17.9 Å². The van der Waals surface area contributed by atoms with Crippen LogP contribution in [0.15, 0.2) is 35.7 Å². The standard InChI is InChI=1S/C16H21N5OS/c1-22-15-4-3-13(11-18-15)12-20-7-9-21(10-8-20)14-5-6-17-16(19-14)23-2/h3-6,11H,7-10,12H2,1-2H3. The summed E-state index contributed by atoms with van der Waals surface area (Å²) in [7, 11) is 1.64. The molecule has 0 aromatic carbocycles. The summed E-state index contributed by atoms with van der Waals surface area (Å²) >= 11 is 1.58. The lowest BCUT2D eigenvalue weighted by Crippen LogP contribution is -2.46. The van der Waals surface area contributed by atoms with E-state index in [1.165, 1.54) is 5.56 Å². The molecule has 0 N–H and O–H groups in total. The number of anilines is 1. The molecule has 0 aliphatic carbocycles. The van der Waals surface area contributed by atoms with E-state index >= 15 is 0 Å². The molecule has 0 atom stereocenters. The van der Waals surface area contributed by atoms with Gasteiger partial charge in [0.05, 0.1) is 7.11 Å². The zero-order valence-corrected chi connectivity index (χ0v) is 14.3. The molecule has 1 aliphatic heterocycles. The van der Waals surface area contributed by atoms with Gasteiger partial charge in [-0.15, -0.1) is 0 Å². The number of nitrogens with zero attached hydrogens (tertiary/aromatic N) is 5. The van der Waals surface area contributed by atoms with Crippen LogP contribution in [0.25, 0.3) is 0 Å². The molecule has 0 bridgehead atoms. The van der Waals surface area contributed by atoms with Gasteiger partial charge in [0, 0.05) is 51.2 Å². The highest BCUT2D eigenvalue weighted by atomic mass is 32.2. The van der Waals surface area contributed by atoms with Crippen molar-refractivity contribution in [3.05, 3.63) is 36.2 Å². The van der Waals surface area contributed by atoms with Crippen molar-refractivity contribution in [2.45, 2.75) is 11.7 Å². The fourth-order valence-electron chi connectivity index (χ4n) is 2.62. The minimum absolute atomic E-state index is 0.659. The summed E-state index contributed by atoms with van der Waals surface area (Å²) in [6.07, 6.45) is 5.73. The van der Waals surface area contributed by atoms with E-state index in [1.54, 1.807) is 18.9 Å². The number of aromatic nitrogens is 3. The highest BCUT2D eigenvalue weighted by molar-refractivity contribution is 7.98. The number of rotatable bonds is 5. The predicted molar refractivity (Wildman–Crippen MR) is 92.1 cm³/mol. The average molecular weight is 331 g/mol. The Labute approximate surface area is 140 Å². The van der Waals surface area contributed by atoms with Crippen LogP contribution in [-0.2, 0) is 6.54 Å². The maximum Gasteiger partial charge on any atom is 0.212 e. The number of pyridine rings is 1. The largest absolute Gasteiger partial charge is 0.481 e. The molecule has 2 aromatic heterocycles. The Morgan fingerprint density at radius 2 is 1.96 bits per heavy atom. The molecule has 3 heterocycles. The van der Waals surface area contributed by atoms with Gasteiger partial charge in [0.2, 0.25) is 5.88 Å². The second kappa shape index (κ2) is 7.61. The summed E-state index contributed by atoms with van der Waals surface area (Å²) in [5, 5.41) is 0.828. The number of hydrogen-bond donors (Lipinski definition) is 0. The fourth-order valence-corrected chi connectivity index (χ4v) is 2.98. The molecule has 122 valence electrons. The summed E-state index contributed by atoms with van der Waals surface area (Å²) in [5.74, 6) is 1.68. The third kappa shape index (κ3) is 4.11. The van der Waals surface area contributed by atoms with E-state index in [0.29, 0.717) is 5.88 Å². The molecular formula is C16H21N5OS. The second-order valence-corrected chi connectivity index (χ2v) is 6.15. The summed E-state index contributed by atoms with van der Waals surface area (Å²) in [5.41, 5.74) is 1.21. The molecule has 7 heteroatoms. The summed E-state index contributed by atoms with van der Waals surface area (Å²) in [4.78, 5) is 17.8. The van der Waals surface area contributed by atoms with Crippen LogP contribution < -0.4 is 9.64 Å². The molecule has 1 aliphatic rings. The van der Waals surface area contributed by atoms with E-state index in [1.807, 2.05) is 30.8 Å². The predicted octanol–water partition coefficient (Wildman–Crippen LogP) is 1.92. The Kier molecular flexibility index (Phi) is 5.30. The van der Waals surface area contributed by atoms with Crippen LogP contribution in [0, 0.1) is 0 Å². The third-order valence-corrected chi connectivity index (χ3v) is 4.47. The summed E-state index contributed by atoms with van der Waals surface area (Å²) < 4.78 is 5.10. The molecule has 3 rings (SSSR count). The molecule has 0 spiro atoms. The van der Waals surface area contributed by atoms with Crippen LogP contribution >= 0.6 is 11.8 Å². The van der Waals surface area contributed by atoms with Gasteiger partial charge in [0.15, 0.2) is 5.16 Å². The normalized spacial score (nSPS) is 15.7. The Balaban J connectivity index is 1.55. The fraction of sp³-hybridized carbons (Fsp3) is 0.438. The van der Waals surface area contributed by atoms with Crippen molar-refractivity contribution >= 4 is 17.6 Å². The first-order chi connectivity index (χ1) is 11.3. The number of thioether (sulfide) groups is 1. The van der Waals surface area contributed by atoms with Crippen LogP contribution in [0.3, 0.4) is 0 Å². The molecule has 2 aromatic rings. The number of ether oxygens (including phenoxy) is 1. The minimum atomic E-state index is 0.659.